The smallest absolute Gasteiger partial charge is 0.127 e. The molecule has 0 amide bonds. The lowest BCUT2D eigenvalue weighted by Crippen LogP contribution is -2.10. The summed E-state index contributed by atoms with van der Waals surface area (Å²) >= 11 is 0. The molecule has 0 aliphatic heterocycles. The molecule has 0 aliphatic carbocycles. The van der Waals surface area contributed by atoms with Gasteiger partial charge in [-0.25, -0.2) is 4.98 Å². The zero-order valence-electron chi connectivity index (χ0n) is 10.3. The van der Waals surface area contributed by atoms with E-state index in [1.54, 1.807) is 0 Å². The zero-order chi connectivity index (χ0) is 12.4. The molecule has 0 aliphatic rings. The van der Waals surface area contributed by atoms with Crippen LogP contribution in [0, 0.1) is 6.92 Å². The van der Waals surface area contributed by atoms with Crippen molar-refractivity contribution in [2.45, 2.75) is 6.92 Å². The van der Waals surface area contributed by atoms with Crippen LogP contribution in [0.5, 0.6) is 0 Å². The first-order valence-corrected chi connectivity index (χ1v) is 5.45. The van der Waals surface area contributed by atoms with E-state index in [2.05, 4.69) is 9.97 Å². The van der Waals surface area contributed by atoms with Gasteiger partial charge in [0.25, 0.3) is 0 Å². The Balaban J connectivity index is 2.36. The first-order valence-electron chi connectivity index (χ1n) is 5.45. The van der Waals surface area contributed by atoms with E-state index in [1.165, 1.54) is 0 Å². The molecule has 0 aromatic carbocycles. The molecule has 2 rings (SSSR count). The van der Waals surface area contributed by atoms with E-state index in [1.807, 2.05) is 56.4 Å². The van der Waals surface area contributed by atoms with Gasteiger partial charge in [0.2, 0.25) is 0 Å². The maximum Gasteiger partial charge on any atom is 0.127 e. The molecule has 4 nitrogen and oxygen atoms in total. The van der Waals surface area contributed by atoms with Crippen LogP contribution < -0.4 is 10.6 Å². The largest absolute Gasteiger partial charge is 0.397 e. The van der Waals surface area contributed by atoms with Gasteiger partial charge in [0, 0.05) is 25.9 Å². The molecular weight excluding hydrogens is 212 g/mol. The van der Waals surface area contributed by atoms with E-state index in [-0.39, 0.29) is 0 Å². The Morgan fingerprint density at radius 2 is 1.88 bits per heavy atom. The van der Waals surface area contributed by atoms with Crippen molar-refractivity contribution < 1.29 is 0 Å². The molecule has 0 unspecified atom stereocenters. The van der Waals surface area contributed by atoms with Gasteiger partial charge in [0.05, 0.1) is 17.1 Å². The number of rotatable bonds is 2. The molecule has 2 aromatic heterocycles. The summed E-state index contributed by atoms with van der Waals surface area (Å²) in [7, 11) is 3.93. The Morgan fingerprint density at radius 1 is 1.12 bits per heavy atom. The van der Waals surface area contributed by atoms with Gasteiger partial charge in [0.1, 0.15) is 5.82 Å². The van der Waals surface area contributed by atoms with E-state index in [9.17, 15) is 0 Å². The normalized spacial score (nSPS) is 10.3. The van der Waals surface area contributed by atoms with Crippen molar-refractivity contribution in [1.29, 1.82) is 0 Å². The van der Waals surface area contributed by atoms with Crippen molar-refractivity contribution in [3.8, 4) is 11.3 Å². The molecule has 2 N–H and O–H groups in total. The summed E-state index contributed by atoms with van der Waals surface area (Å²) in [4.78, 5) is 10.8. The minimum absolute atomic E-state index is 0.714. The maximum absolute atomic E-state index is 5.75. The molecule has 0 fully saturated rings. The van der Waals surface area contributed by atoms with E-state index in [0.717, 1.165) is 22.8 Å². The van der Waals surface area contributed by atoms with Crippen LogP contribution in [0.15, 0.2) is 30.5 Å². The number of aromatic nitrogens is 2. The van der Waals surface area contributed by atoms with Crippen LogP contribution in [0.1, 0.15) is 5.69 Å². The minimum Gasteiger partial charge on any atom is -0.397 e. The summed E-state index contributed by atoms with van der Waals surface area (Å²) in [6.07, 6.45) is 1.83. The third-order valence-electron chi connectivity index (χ3n) is 2.63. The number of hydrogen-bond donors (Lipinski definition) is 1. The number of nitrogen functional groups attached to an aromatic ring is 1. The number of hydrogen-bond acceptors (Lipinski definition) is 4. The minimum atomic E-state index is 0.714. The van der Waals surface area contributed by atoms with E-state index in [0.29, 0.717) is 5.69 Å². The first-order chi connectivity index (χ1) is 8.08. The van der Waals surface area contributed by atoms with Crippen LogP contribution in [0.4, 0.5) is 11.5 Å². The second kappa shape index (κ2) is 4.41. The van der Waals surface area contributed by atoms with Crippen LogP contribution in [0.25, 0.3) is 11.3 Å². The third kappa shape index (κ3) is 2.36. The monoisotopic (exact) mass is 228 g/mol. The van der Waals surface area contributed by atoms with Gasteiger partial charge in [-0.1, -0.05) is 0 Å². The zero-order valence-corrected chi connectivity index (χ0v) is 10.3. The lowest BCUT2D eigenvalue weighted by molar-refractivity contribution is 1.07. The predicted octanol–water partition coefficient (Wildman–Crippen LogP) is 2.10. The summed E-state index contributed by atoms with van der Waals surface area (Å²) in [6.45, 7) is 1.90. The van der Waals surface area contributed by atoms with Crippen molar-refractivity contribution in [3.63, 3.8) is 0 Å². The van der Waals surface area contributed by atoms with Gasteiger partial charge < -0.3 is 10.6 Å². The highest BCUT2D eigenvalue weighted by Crippen LogP contribution is 2.20. The standard InChI is InChI=1S/C13H16N4/c1-9-11(14)5-6-12(16-9)10-4-7-13(15-8-10)17(2)3/h4-8H,14H2,1-3H3. The van der Waals surface area contributed by atoms with Crippen molar-refractivity contribution in [3.05, 3.63) is 36.2 Å². The number of nitrogens with two attached hydrogens (primary N) is 1. The summed E-state index contributed by atoms with van der Waals surface area (Å²) in [6, 6.07) is 7.77. The second-order valence-corrected chi connectivity index (χ2v) is 4.17. The summed E-state index contributed by atoms with van der Waals surface area (Å²) in [5.74, 6) is 0.931. The lowest BCUT2D eigenvalue weighted by Gasteiger charge is -2.11. The number of anilines is 2. The first kappa shape index (κ1) is 11.4. The Hall–Kier alpha value is -2.10. The van der Waals surface area contributed by atoms with E-state index in [4.69, 9.17) is 5.73 Å². The highest BCUT2D eigenvalue weighted by atomic mass is 15.1. The summed E-state index contributed by atoms with van der Waals surface area (Å²) in [5.41, 5.74) is 9.20. The Bertz CT molecular complexity index is 517. The van der Waals surface area contributed by atoms with Crippen LogP contribution in [0.2, 0.25) is 0 Å². The van der Waals surface area contributed by atoms with Crippen LogP contribution in [0.3, 0.4) is 0 Å². The van der Waals surface area contributed by atoms with E-state index >= 15 is 0 Å². The van der Waals surface area contributed by atoms with Gasteiger partial charge >= 0.3 is 0 Å². The molecule has 0 atom stereocenters. The van der Waals surface area contributed by atoms with Gasteiger partial charge in [-0.15, -0.1) is 0 Å². The second-order valence-electron chi connectivity index (χ2n) is 4.17. The lowest BCUT2D eigenvalue weighted by atomic mass is 10.1. The SMILES string of the molecule is Cc1nc(-c2ccc(N(C)C)nc2)ccc1N. The van der Waals surface area contributed by atoms with Crippen molar-refractivity contribution in [2.75, 3.05) is 24.7 Å². The number of pyridine rings is 2. The molecule has 2 heterocycles. The predicted molar refractivity (Wildman–Crippen MR) is 70.9 cm³/mol. The molecule has 0 radical (unpaired) electrons. The fourth-order valence-electron chi connectivity index (χ4n) is 1.53. The number of nitrogens with zero attached hydrogens (tertiary/aromatic N) is 3. The van der Waals surface area contributed by atoms with Crippen molar-refractivity contribution >= 4 is 11.5 Å². The summed E-state index contributed by atoms with van der Waals surface area (Å²) < 4.78 is 0. The van der Waals surface area contributed by atoms with Crippen LogP contribution >= 0.6 is 0 Å². The van der Waals surface area contributed by atoms with Gasteiger partial charge in [-0.2, -0.15) is 0 Å². The Kier molecular flexibility index (Phi) is 2.95. The average Bonchev–Trinajstić information content (AvgIpc) is 2.33. The van der Waals surface area contributed by atoms with Gasteiger partial charge in [-0.3, -0.25) is 4.98 Å². The Labute approximate surface area is 101 Å². The third-order valence-corrected chi connectivity index (χ3v) is 2.63. The molecule has 4 heteroatoms. The fourth-order valence-corrected chi connectivity index (χ4v) is 1.53. The van der Waals surface area contributed by atoms with Gasteiger partial charge in [0.15, 0.2) is 0 Å². The van der Waals surface area contributed by atoms with Gasteiger partial charge in [-0.05, 0) is 31.2 Å². The van der Waals surface area contributed by atoms with Crippen molar-refractivity contribution in [1.82, 2.24) is 9.97 Å². The molecule has 17 heavy (non-hydrogen) atoms. The quantitative estimate of drug-likeness (QED) is 0.855. The number of aryl methyl sites for hydroxylation is 1. The Morgan fingerprint density at radius 3 is 2.41 bits per heavy atom. The molecule has 0 saturated heterocycles. The molecule has 2 aromatic rings. The molecule has 88 valence electrons. The molecular formula is C13H16N4. The van der Waals surface area contributed by atoms with Crippen molar-refractivity contribution in [2.24, 2.45) is 0 Å². The van der Waals surface area contributed by atoms with Crippen LogP contribution in [-0.2, 0) is 0 Å². The summed E-state index contributed by atoms with van der Waals surface area (Å²) in [5, 5.41) is 0. The average molecular weight is 228 g/mol. The van der Waals surface area contributed by atoms with E-state index < -0.39 is 0 Å². The molecule has 0 bridgehead atoms. The highest BCUT2D eigenvalue weighted by Gasteiger charge is 2.03. The topological polar surface area (TPSA) is 55.0 Å². The highest BCUT2D eigenvalue weighted by molar-refractivity contribution is 5.62. The maximum atomic E-state index is 5.75. The fraction of sp³-hybridized carbons (Fsp3) is 0.231. The molecule has 0 saturated carbocycles. The molecule has 0 spiro atoms. The van der Waals surface area contributed by atoms with Crippen LogP contribution in [-0.4, -0.2) is 24.1 Å².